The van der Waals surface area contributed by atoms with E-state index in [-0.39, 0.29) is 4.83 Å². The van der Waals surface area contributed by atoms with E-state index in [0.29, 0.717) is 16.5 Å². The van der Waals surface area contributed by atoms with Gasteiger partial charge in [0.15, 0.2) is 0 Å². The molecule has 2 aromatic rings. The molecule has 0 bridgehead atoms. The van der Waals surface area contributed by atoms with Crippen LogP contribution in [0.5, 0.6) is 11.5 Å². The average molecular weight is 468 g/mol. The molecule has 0 aromatic heterocycles. The Morgan fingerprint density at radius 1 is 1.05 bits per heavy atom. The van der Waals surface area contributed by atoms with E-state index in [1.54, 1.807) is 14.2 Å². The fourth-order valence-corrected chi connectivity index (χ4v) is 3.28. The molecule has 106 valence electrons. The molecule has 0 N–H and O–H groups in total. The van der Waals surface area contributed by atoms with Crippen LogP contribution in [0.25, 0.3) is 0 Å². The van der Waals surface area contributed by atoms with Crippen molar-refractivity contribution >= 4 is 50.1 Å². The first-order valence-corrected chi connectivity index (χ1v) is 8.25. The van der Waals surface area contributed by atoms with Gasteiger partial charge in [-0.15, -0.1) is 0 Å². The van der Waals surface area contributed by atoms with E-state index in [1.165, 1.54) is 3.57 Å². The van der Waals surface area contributed by atoms with Crippen LogP contribution in [0.2, 0.25) is 5.02 Å². The number of alkyl halides is 1. The maximum absolute atomic E-state index is 6.30. The predicted octanol–water partition coefficient (Wildman–Crippen LogP) is 5.45. The topological polar surface area (TPSA) is 18.5 Å². The molecule has 2 rings (SSSR count). The summed E-state index contributed by atoms with van der Waals surface area (Å²) in [6, 6.07) is 12.1. The Morgan fingerprint density at radius 3 is 2.25 bits per heavy atom. The van der Waals surface area contributed by atoms with Crippen molar-refractivity contribution in [3.05, 3.63) is 56.1 Å². The van der Waals surface area contributed by atoms with Crippen LogP contribution in [0.3, 0.4) is 0 Å². The molecule has 5 heteroatoms. The van der Waals surface area contributed by atoms with Gasteiger partial charge in [-0.05, 0) is 46.4 Å². The molecule has 0 aliphatic rings. The summed E-state index contributed by atoms with van der Waals surface area (Å²) in [5.74, 6) is 1.24. The first-order valence-electron chi connectivity index (χ1n) is 5.88. The average Bonchev–Trinajstić information content (AvgIpc) is 2.47. The Balaban J connectivity index is 2.46. The lowest BCUT2D eigenvalue weighted by atomic mass is 10.0. The normalized spacial score (nSPS) is 12.1. The third-order valence-electron chi connectivity index (χ3n) is 2.95. The van der Waals surface area contributed by atoms with E-state index < -0.39 is 0 Å². The van der Waals surface area contributed by atoms with Crippen molar-refractivity contribution < 1.29 is 9.47 Å². The third-order valence-corrected chi connectivity index (χ3v) is 5.05. The number of methoxy groups -OCH3 is 2. The van der Waals surface area contributed by atoms with E-state index in [0.717, 1.165) is 11.1 Å². The maximum atomic E-state index is 6.30. The summed E-state index contributed by atoms with van der Waals surface area (Å²) in [6.45, 7) is 0. The molecule has 1 unspecified atom stereocenters. The zero-order chi connectivity index (χ0) is 14.7. The summed E-state index contributed by atoms with van der Waals surface area (Å²) in [6.07, 6.45) is 0. The molecule has 0 saturated carbocycles. The molecular weight excluding hydrogens is 454 g/mol. The van der Waals surface area contributed by atoms with Gasteiger partial charge in [0, 0.05) is 9.13 Å². The van der Waals surface area contributed by atoms with Gasteiger partial charge < -0.3 is 9.47 Å². The second kappa shape index (κ2) is 7.00. The minimum absolute atomic E-state index is 0.0119. The third kappa shape index (κ3) is 3.23. The van der Waals surface area contributed by atoms with E-state index in [9.17, 15) is 0 Å². The minimum Gasteiger partial charge on any atom is -0.495 e. The van der Waals surface area contributed by atoms with Gasteiger partial charge in [-0.1, -0.05) is 45.7 Å². The molecule has 0 aliphatic heterocycles. The molecule has 0 saturated heterocycles. The number of ether oxygens (including phenoxy) is 2. The number of hydrogen-bond acceptors (Lipinski definition) is 2. The van der Waals surface area contributed by atoms with E-state index >= 15 is 0 Å². The van der Waals surface area contributed by atoms with Gasteiger partial charge in [0.25, 0.3) is 0 Å². The summed E-state index contributed by atoms with van der Waals surface area (Å²) in [7, 11) is 3.20. The van der Waals surface area contributed by atoms with Crippen molar-refractivity contribution in [2.45, 2.75) is 4.83 Å². The number of hydrogen-bond donors (Lipinski definition) is 0. The van der Waals surface area contributed by atoms with Gasteiger partial charge in [-0.3, -0.25) is 0 Å². The first-order chi connectivity index (χ1) is 9.58. The molecule has 0 amide bonds. The smallest absolute Gasteiger partial charge is 0.145 e. The Morgan fingerprint density at radius 2 is 1.70 bits per heavy atom. The number of rotatable bonds is 4. The van der Waals surface area contributed by atoms with Crippen molar-refractivity contribution in [2.75, 3.05) is 14.2 Å². The molecule has 1 atom stereocenters. The Kier molecular flexibility index (Phi) is 5.57. The molecule has 2 aromatic carbocycles. The van der Waals surface area contributed by atoms with Crippen LogP contribution in [-0.4, -0.2) is 14.2 Å². The minimum atomic E-state index is 0.0119. The molecule has 20 heavy (non-hydrogen) atoms. The summed E-state index contributed by atoms with van der Waals surface area (Å²) in [5.41, 5.74) is 2.12. The second-order valence-corrected chi connectivity index (χ2v) is 6.66. The van der Waals surface area contributed by atoms with Crippen LogP contribution >= 0.6 is 50.1 Å². The number of benzene rings is 2. The quantitative estimate of drug-likeness (QED) is 0.440. The fourth-order valence-electron chi connectivity index (χ4n) is 1.93. The van der Waals surface area contributed by atoms with Crippen LogP contribution in [0, 0.1) is 3.57 Å². The van der Waals surface area contributed by atoms with Gasteiger partial charge in [0.2, 0.25) is 0 Å². The molecule has 0 radical (unpaired) electrons. The SMILES string of the molecule is COc1ccc(C(Br)c2ccc(I)cc2)c(OC)c1Cl. The predicted molar refractivity (Wildman–Crippen MR) is 94.5 cm³/mol. The van der Waals surface area contributed by atoms with Crippen molar-refractivity contribution in [1.29, 1.82) is 0 Å². The van der Waals surface area contributed by atoms with Gasteiger partial charge >= 0.3 is 0 Å². The lowest BCUT2D eigenvalue weighted by Gasteiger charge is -2.17. The molecule has 0 aliphatic carbocycles. The molecule has 2 nitrogen and oxygen atoms in total. The van der Waals surface area contributed by atoms with Crippen LogP contribution in [0.15, 0.2) is 36.4 Å². The molecule has 0 heterocycles. The van der Waals surface area contributed by atoms with Crippen molar-refractivity contribution in [3.8, 4) is 11.5 Å². The van der Waals surface area contributed by atoms with E-state index in [2.05, 4.69) is 62.8 Å². The second-order valence-electron chi connectivity index (χ2n) is 4.12. The lowest BCUT2D eigenvalue weighted by molar-refractivity contribution is 0.392. The molecule has 0 fully saturated rings. The Hall–Kier alpha value is -0.460. The lowest BCUT2D eigenvalue weighted by Crippen LogP contribution is -1.99. The highest BCUT2D eigenvalue weighted by molar-refractivity contribution is 14.1. The summed E-state index contributed by atoms with van der Waals surface area (Å²) >= 11 is 12.3. The van der Waals surface area contributed by atoms with E-state index in [4.69, 9.17) is 21.1 Å². The monoisotopic (exact) mass is 466 g/mol. The zero-order valence-electron chi connectivity index (χ0n) is 11.0. The van der Waals surface area contributed by atoms with Crippen LogP contribution in [0.4, 0.5) is 0 Å². The first kappa shape index (κ1) is 15.9. The van der Waals surface area contributed by atoms with E-state index in [1.807, 2.05) is 12.1 Å². The summed E-state index contributed by atoms with van der Waals surface area (Å²) in [5, 5.41) is 0.488. The zero-order valence-corrected chi connectivity index (χ0v) is 15.5. The van der Waals surface area contributed by atoms with Crippen molar-refractivity contribution in [3.63, 3.8) is 0 Å². The van der Waals surface area contributed by atoms with Gasteiger partial charge in [0.05, 0.1) is 19.0 Å². The van der Waals surface area contributed by atoms with Gasteiger partial charge in [0.1, 0.15) is 16.5 Å². The van der Waals surface area contributed by atoms with Crippen molar-refractivity contribution in [2.24, 2.45) is 0 Å². The largest absolute Gasteiger partial charge is 0.495 e. The molecule has 0 spiro atoms. The summed E-state index contributed by atoms with van der Waals surface area (Å²) < 4.78 is 11.9. The highest BCUT2D eigenvalue weighted by atomic mass is 127. The number of halogens is 3. The fraction of sp³-hybridized carbons (Fsp3) is 0.200. The van der Waals surface area contributed by atoms with Crippen LogP contribution in [-0.2, 0) is 0 Å². The maximum Gasteiger partial charge on any atom is 0.145 e. The van der Waals surface area contributed by atoms with Gasteiger partial charge in [-0.2, -0.15) is 0 Å². The summed E-state index contributed by atoms with van der Waals surface area (Å²) in [4.78, 5) is 0.0119. The van der Waals surface area contributed by atoms with Crippen molar-refractivity contribution in [1.82, 2.24) is 0 Å². The highest BCUT2D eigenvalue weighted by Crippen LogP contribution is 2.44. The standard InChI is InChI=1S/C15H13BrClIO2/c1-19-12-8-7-11(15(20-2)14(12)17)13(16)9-3-5-10(18)6-4-9/h3-8,13H,1-2H3. The van der Waals surface area contributed by atoms with Crippen LogP contribution in [0.1, 0.15) is 16.0 Å². The van der Waals surface area contributed by atoms with Crippen LogP contribution < -0.4 is 9.47 Å². The van der Waals surface area contributed by atoms with Gasteiger partial charge in [-0.25, -0.2) is 0 Å². The Bertz CT molecular complexity index is 602. The molecular formula is C15H13BrClIO2. The highest BCUT2D eigenvalue weighted by Gasteiger charge is 2.20. The Labute approximate surface area is 145 Å².